The van der Waals surface area contributed by atoms with Crippen LogP contribution < -0.4 is 0 Å². The standard InChI is InChI=1S/C13H23O6P/c1-4-5-6-7-8-11(9-20(16,17)18)13(15)19-12(14)10(2)3/h11H,2,4-9H2,1,3H3,(H2,16,17,18). The van der Waals surface area contributed by atoms with E-state index >= 15 is 0 Å². The molecule has 1 atom stereocenters. The average molecular weight is 306 g/mol. The normalized spacial score (nSPS) is 12.8. The molecule has 0 bridgehead atoms. The van der Waals surface area contributed by atoms with E-state index in [2.05, 4.69) is 11.3 Å². The van der Waals surface area contributed by atoms with E-state index in [0.717, 1.165) is 19.3 Å². The van der Waals surface area contributed by atoms with Crippen LogP contribution in [0.4, 0.5) is 0 Å². The molecule has 20 heavy (non-hydrogen) atoms. The zero-order chi connectivity index (χ0) is 15.8. The van der Waals surface area contributed by atoms with Gasteiger partial charge in [-0.3, -0.25) is 9.36 Å². The van der Waals surface area contributed by atoms with Gasteiger partial charge in [0.2, 0.25) is 0 Å². The molecule has 0 rings (SSSR count). The van der Waals surface area contributed by atoms with E-state index in [1.807, 2.05) is 6.92 Å². The molecule has 2 N–H and O–H groups in total. The molecule has 0 amide bonds. The van der Waals surface area contributed by atoms with Crippen molar-refractivity contribution in [2.75, 3.05) is 6.16 Å². The molecule has 0 aromatic carbocycles. The molecule has 6 nitrogen and oxygen atoms in total. The van der Waals surface area contributed by atoms with Gasteiger partial charge in [0, 0.05) is 5.57 Å². The smallest absolute Gasteiger partial charge is 0.340 e. The van der Waals surface area contributed by atoms with Gasteiger partial charge in [-0.05, 0) is 13.3 Å². The Labute approximate surface area is 119 Å². The van der Waals surface area contributed by atoms with Crippen molar-refractivity contribution in [3.8, 4) is 0 Å². The Morgan fingerprint density at radius 2 is 1.85 bits per heavy atom. The number of rotatable bonds is 9. The summed E-state index contributed by atoms with van der Waals surface area (Å²) < 4.78 is 15.6. The summed E-state index contributed by atoms with van der Waals surface area (Å²) in [4.78, 5) is 41.0. The summed E-state index contributed by atoms with van der Waals surface area (Å²) in [5.41, 5.74) is 0.0688. The van der Waals surface area contributed by atoms with Crippen molar-refractivity contribution in [2.45, 2.75) is 46.0 Å². The average Bonchev–Trinajstić information content (AvgIpc) is 2.31. The van der Waals surface area contributed by atoms with Crippen LogP contribution in [0.15, 0.2) is 12.2 Å². The van der Waals surface area contributed by atoms with Crippen LogP contribution >= 0.6 is 7.60 Å². The van der Waals surface area contributed by atoms with Gasteiger partial charge in [0.25, 0.3) is 0 Å². The van der Waals surface area contributed by atoms with E-state index in [9.17, 15) is 14.2 Å². The highest BCUT2D eigenvalue weighted by molar-refractivity contribution is 7.51. The number of hydrogen-bond acceptors (Lipinski definition) is 4. The number of hydrogen-bond donors (Lipinski definition) is 2. The minimum atomic E-state index is -4.33. The first-order chi connectivity index (χ1) is 9.17. The first-order valence-corrected chi connectivity index (χ1v) is 8.43. The van der Waals surface area contributed by atoms with E-state index in [4.69, 9.17) is 9.79 Å². The summed E-state index contributed by atoms with van der Waals surface area (Å²) in [5.74, 6) is -2.71. The fourth-order valence-corrected chi connectivity index (χ4v) is 2.56. The van der Waals surface area contributed by atoms with Gasteiger partial charge >= 0.3 is 19.5 Å². The summed E-state index contributed by atoms with van der Waals surface area (Å²) in [6.07, 6.45) is 3.24. The Kier molecular flexibility index (Phi) is 8.62. The van der Waals surface area contributed by atoms with Gasteiger partial charge in [-0.15, -0.1) is 0 Å². The Morgan fingerprint density at radius 1 is 1.25 bits per heavy atom. The van der Waals surface area contributed by atoms with Crippen LogP contribution in [0.25, 0.3) is 0 Å². The zero-order valence-electron chi connectivity index (χ0n) is 12.0. The molecule has 0 radical (unpaired) electrons. The van der Waals surface area contributed by atoms with Crippen LogP contribution in [0, 0.1) is 5.92 Å². The fraction of sp³-hybridized carbons (Fsp3) is 0.692. The van der Waals surface area contributed by atoms with Gasteiger partial charge < -0.3 is 14.5 Å². The van der Waals surface area contributed by atoms with Crippen molar-refractivity contribution in [1.29, 1.82) is 0 Å². The van der Waals surface area contributed by atoms with Gasteiger partial charge in [0.15, 0.2) is 0 Å². The minimum Gasteiger partial charge on any atom is -0.389 e. The maximum Gasteiger partial charge on any atom is 0.340 e. The number of carbonyl (C=O) groups excluding carboxylic acids is 2. The van der Waals surface area contributed by atoms with Crippen LogP contribution in [0.1, 0.15) is 46.0 Å². The van der Waals surface area contributed by atoms with Crippen LogP contribution in [-0.2, 0) is 18.9 Å². The molecule has 0 saturated heterocycles. The van der Waals surface area contributed by atoms with Gasteiger partial charge in [-0.25, -0.2) is 4.79 Å². The molecule has 0 aliphatic heterocycles. The first kappa shape index (κ1) is 19.0. The molecule has 0 aliphatic rings. The van der Waals surface area contributed by atoms with Gasteiger partial charge in [0.1, 0.15) is 0 Å². The minimum absolute atomic E-state index is 0.0688. The lowest BCUT2D eigenvalue weighted by Gasteiger charge is -2.15. The van der Waals surface area contributed by atoms with Crippen molar-refractivity contribution < 1.29 is 28.7 Å². The number of unbranched alkanes of at least 4 members (excludes halogenated alkanes) is 3. The SMILES string of the molecule is C=C(C)C(=O)OC(=O)C(CCCCCC)CP(=O)(O)O. The molecule has 0 spiro atoms. The highest BCUT2D eigenvalue weighted by Gasteiger charge is 2.29. The number of ether oxygens (including phenoxy) is 1. The molecule has 0 fully saturated rings. The third-order valence-electron chi connectivity index (χ3n) is 2.74. The number of carbonyl (C=O) groups is 2. The molecule has 0 aromatic heterocycles. The second-order valence-corrected chi connectivity index (χ2v) is 6.58. The van der Waals surface area contributed by atoms with Crippen LogP contribution in [0.2, 0.25) is 0 Å². The maximum atomic E-state index is 11.8. The van der Waals surface area contributed by atoms with Crippen molar-refractivity contribution in [3.63, 3.8) is 0 Å². The molecule has 1 unspecified atom stereocenters. The predicted octanol–water partition coefficient (Wildman–Crippen LogP) is 2.40. The highest BCUT2D eigenvalue weighted by atomic mass is 31.2. The van der Waals surface area contributed by atoms with Crippen LogP contribution in [-0.4, -0.2) is 27.9 Å². The monoisotopic (exact) mass is 306 g/mol. The summed E-state index contributed by atoms with van der Waals surface area (Å²) in [7, 11) is -4.33. The second kappa shape index (κ2) is 9.06. The largest absolute Gasteiger partial charge is 0.389 e. The lowest BCUT2D eigenvalue weighted by atomic mass is 10.0. The van der Waals surface area contributed by atoms with Crippen molar-refractivity contribution in [3.05, 3.63) is 12.2 Å². The van der Waals surface area contributed by atoms with Crippen molar-refractivity contribution in [2.24, 2.45) is 5.92 Å². The molecular formula is C13H23O6P. The summed E-state index contributed by atoms with van der Waals surface area (Å²) in [6, 6.07) is 0. The Hall–Kier alpha value is -0.970. The number of esters is 2. The third kappa shape index (κ3) is 9.02. The molecule has 0 heterocycles. The predicted molar refractivity (Wildman–Crippen MR) is 75.1 cm³/mol. The van der Waals surface area contributed by atoms with E-state index in [-0.39, 0.29) is 5.57 Å². The van der Waals surface area contributed by atoms with Crippen molar-refractivity contribution in [1.82, 2.24) is 0 Å². The maximum absolute atomic E-state index is 11.8. The molecule has 7 heteroatoms. The quantitative estimate of drug-likeness (QED) is 0.223. The van der Waals surface area contributed by atoms with Gasteiger partial charge in [-0.2, -0.15) is 0 Å². The highest BCUT2D eigenvalue weighted by Crippen LogP contribution is 2.38. The Balaban J connectivity index is 4.57. The Bertz CT molecular complexity index is 398. The van der Waals surface area contributed by atoms with Gasteiger partial charge in [0.05, 0.1) is 12.1 Å². The lowest BCUT2D eigenvalue weighted by Crippen LogP contribution is -2.24. The Morgan fingerprint density at radius 3 is 2.30 bits per heavy atom. The second-order valence-electron chi connectivity index (χ2n) is 4.88. The molecule has 0 saturated carbocycles. The van der Waals surface area contributed by atoms with E-state index < -0.39 is 31.6 Å². The summed E-state index contributed by atoms with van der Waals surface area (Å²) >= 11 is 0. The fourth-order valence-electron chi connectivity index (χ4n) is 1.65. The third-order valence-corrected chi connectivity index (χ3v) is 3.66. The van der Waals surface area contributed by atoms with Crippen LogP contribution in [0.3, 0.4) is 0 Å². The van der Waals surface area contributed by atoms with Crippen LogP contribution in [0.5, 0.6) is 0 Å². The molecule has 0 aliphatic carbocycles. The summed E-state index contributed by atoms with van der Waals surface area (Å²) in [5, 5.41) is 0. The zero-order valence-corrected chi connectivity index (χ0v) is 12.9. The van der Waals surface area contributed by atoms with E-state index in [1.165, 1.54) is 6.92 Å². The van der Waals surface area contributed by atoms with Crippen molar-refractivity contribution >= 4 is 19.5 Å². The first-order valence-electron chi connectivity index (χ1n) is 6.63. The summed E-state index contributed by atoms with van der Waals surface area (Å²) in [6.45, 7) is 6.78. The molecule has 116 valence electrons. The molecular weight excluding hydrogens is 283 g/mol. The van der Waals surface area contributed by atoms with E-state index in [0.29, 0.717) is 12.8 Å². The molecule has 0 aromatic rings. The van der Waals surface area contributed by atoms with E-state index in [1.54, 1.807) is 0 Å². The lowest BCUT2D eigenvalue weighted by molar-refractivity contribution is -0.159. The topological polar surface area (TPSA) is 101 Å². The van der Waals surface area contributed by atoms with Gasteiger partial charge in [-0.1, -0.05) is 39.2 Å².